The summed E-state index contributed by atoms with van der Waals surface area (Å²) in [6.45, 7) is 1.55. The second kappa shape index (κ2) is 9.92. The average Bonchev–Trinajstić information content (AvgIpc) is 2.76. The molecule has 0 unspecified atom stereocenters. The van der Waals surface area contributed by atoms with Gasteiger partial charge in [-0.3, -0.25) is 14.6 Å². The van der Waals surface area contributed by atoms with Crippen molar-refractivity contribution in [1.29, 1.82) is 0 Å². The molecule has 2 aromatic rings. The maximum Gasteiger partial charge on any atom is 0.222 e. The Morgan fingerprint density at radius 1 is 1.17 bits per heavy atom. The zero-order chi connectivity index (χ0) is 20.8. The third-order valence-electron chi connectivity index (χ3n) is 6.17. The van der Waals surface area contributed by atoms with Crippen LogP contribution < -0.4 is 10.1 Å². The highest BCUT2D eigenvalue weighted by molar-refractivity contribution is 5.80. The lowest BCUT2D eigenvalue weighted by atomic mass is 9.92. The quantitative estimate of drug-likeness (QED) is 0.754. The predicted molar refractivity (Wildman–Crippen MR) is 116 cm³/mol. The smallest absolute Gasteiger partial charge is 0.222 e. The highest BCUT2D eigenvalue weighted by Gasteiger charge is 2.24. The molecule has 1 aromatic carbocycles. The number of rotatable bonds is 7. The second-order valence-corrected chi connectivity index (χ2v) is 8.46. The number of pyridine rings is 1. The van der Waals surface area contributed by atoms with Crippen molar-refractivity contribution < 1.29 is 14.3 Å². The summed E-state index contributed by atoms with van der Waals surface area (Å²) in [5.74, 6) is 1.23. The van der Waals surface area contributed by atoms with Crippen LogP contribution in [0.1, 0.15) is 57.8 Å². The van der Waals surface area contributed by atoms with Crippen molar-refractivity contribution in [2.75, 3.05) is 13.1 Å². The number of hydrogen-bond donors (Lipinski definition) is 1. The third kappa shape index (κ3) is 5.49. The minimum absolute atomic E-state index is 0.103. The standard InChI is InChI=1S/C24H31N3O3/c28-23(6-4-16-27-15-2-1-7-24(27)29)26-19-8-10-20(11-9-19)30-21-12-13-22-18(17-21)5-3-14-25-22/h3,5,12-14,17,19-20H,1-2,4,6-11,15-16H2,(H,26,28). The normalized spacial score (nSPS) is 22.1. The fourth-order valence-corrected chi connectivity index (χ4v) is 4.47. The van der Waals surface area contributed by atoms with Crippen LogP contribution >= 0.6 is 0 Å². The Morgan fingerprint density at radius 2 is 2.03 bits per heavy atom. The Labute approximate surface area is 178 Å². The number of amides is 2. The fourth-order valence-electron chi connectivity index (χ4n) is 4.47. The van der Waals surface area contributed by atoms with Crippen LogP contribution in [0.3, 0.4) is 0 Å². The Bertz CT molecular complexity index is 877. The Morgan fingerprint density at radius 3 is 2.87 bits per heavy atom. The van der Waals surface area contributed by atoms with Gasteiger partial charge in [0.25, 0.3) is 0 Å². The third-order valence-corrected chi connectivity index (χ3v) is 6.17. The largest absolute Gasteiger partial charge is 0.490 e. The van der Waals surface area contributed by atoms with Crippen molar-refractivity contribution in [3.05, 3.63) is 36.5 Å². The van der Waals surface area contributed by atoms with Crippen LogP contribution in [0.15, 0.2) is 36.5 Å². The van der Waals surface area contributed by atoms with Crippen molar-refractivity contribution in [2.24, 2.45) is 0 Å². The Balaban J connectivity index is 1.16. The molecular weight excluding hydrogens is 378 g/mol. The van der Waals surface area contributed by atoms with Gasteiger partial charge >= 0.3 is 0 Å². The molecule has 6 nitrogen and oxygen atoms in total. The lowest BCUT2D eigenvalue weighted by Crippen LogP contribution is -2.40. The monoisotopic (exact) mass is 409 g/mol. The van der Waals surface area contributed by atoms with Gasteiger partial charge in [-0.05, 0) is 69.2 Å². The molecular formula is C24H31N3O3. The topological polar surface area (TPSA) is 71.5 Å². The maximum atomic E-state index is 12.3. The van der Waals surface area contributed by atoms with Crippen LogP contribution in [0.5, 0.6) is 5.75 Å². The summed E-state index contributed by atoms with van der Waals surface area (Å²) in [7, 11) is 0. The number of carbonyl (C=O) groups excluding carboxylic acids is 2. The van der Waals surface area contributed by atoms with E-state index in [0.29, 0.717) is 19.4 Å². The SMILES string of the molecule is O=C(CCCN1CCCCC1=O)NC1CCC(Oc2ccc3ncccc3c2)CC1. The molecule has 6 heteroatoms. The summed E-state index contributed by atoms with van der Waals surface area (Å²) < 4.78 is 6.18. The van der Waals surface area contributed by atoms with E-state index in [2.05, 4.69) is 10.3 Å². The Hall–Kier alpha value is -2.63. The van der Waals surface area contributed by atoms with E-state index in [-0.39, 0.29) is 24.0 Å². The molecule has 1 saturated heterocycles. The summed E-state index contributed by atoms with van der Waals surface area (Å²) in [5.41, 5.74) is 0.973. The minimum atomic E-state index is 0.103. The summed E-state index contributed by atoms with van der Waals surface area (Å²) in [6.07, 6.45) is 9.73. The molecule has 1 aliphatic heterocycles. The lowest BCUT2D eigenvalue weighted by Gasteiger charge is -2.30. The van der Waals surface area contributed by atoms with E-state index in [1.165, 1.54) is 0 Å². The summed E-state index contributed by atoms with van der Waals surface area (Å²) >= 11 is 0. The van der Waals surface area contributed by atoms with Crippen LogP contribution in [-0.4, -0.2) is 46.9 Å². The first kappa shape index (κ1) is 20.6. The molecule has 4 rings (SSSR count). The van der Waals surface area contributed by atoms with Crippen molar-refractivity contribution in [3.8, 4) is 5.75 Å². The van der Waals surface area contributed by atoms with E-state index in [1.807, 2.05) is 35.2 Å². The minimum Gasteiger partial charge on any atom is -0.490 e. The zero-order valence-electron chi connectivity index (χ0n) is 17.5. The number of piperidine rings is 1. The number of benzene rings is 1. The summed E-state index contributed by atoms with van der Waals surface area (Å²) in [6, 6.07) is 10.2. The molecule has 2 aliphatic rings. The molecule has 2 fully saturated rings. The van der Waals surface area contributed by atoms with E-state index < -0.39 is 0 Å². The van der Waals surface area contributed by atoms with Gasteiger partial charge in [-0.15, -0.1) is 0 Å². The van der Waals surface area contributed by atoms with Gasteiger partial charge in [-0.2, -0.15) is 0 Å². The van der Waals surface area contributed by atoms with Gasteiger partial charge in [0, 0.05) is 43.6 Å². The average molecular weight is 410 g/mol. The van der Waals surface area contributed by atoms with E-state index in [1.54, 1.807) is 6.20 Å². The molecule has 0 radical (unpaired) electrons. The van der Waals surface area contributed by atoms with Crippen LogP contribution in [-0.2, 0) is 9.59 Å². The molecule has 0 bridgehead atoms. The first-order chi connectivity index (χ1) is 14.7. The van der Waals surface area contributed by atoms with Crippen LogP contribution in [0.4, 0.5) is 0 Å². The van der Waals surface area contributed by atoms with Gasteiger partial charge in [0.2, 0.25) is 11.8 Å². The van der Waals surface area contributed by atoms with Gasteiger partial charge in [0.1, 0.15) is 5.75 Å². The highest BCUT2D eigenvalue weighted by Crippen LogP contribution is 2.26. The molecule has 160 valence electrons. The van der Waals surface area contributed by atoms with Gasteiger partial charge in [0.05, 0.1) is 11.6 Å². The van der Waals surface area contributed by atoms with Crippen molar-refractivity contribution in [3.63, 3.8) is 0 Å². The van der Waals surface area contributed by atoms with Gasteiger partial charge in [-0.25, -0.2) is 0 Å². The number of fused-ring (bicyclic) bond motifs is 1. The van der Waals surface area contributed by atoms with Gasteiger partial charge in [0.15, 0.2) is 0 Å². The molecule has 30 heavy (non-hydrogen) atoms. The zero-order valence-corrected chi connectivity index (χ0v) is 17.5. The predicted octanol–water partition coefficient (Wildman–Crippen LogP) is 3.83. The van der Waals surface area contributed by atoms with Crippen LogP contribution in [0.2, 0.25) is 0 Å². The molecule has 1 aliphatic carbocycles. The van der Waals surface area contributed by atoms with Crippen molar-refractivity contribution in [1.82, 2.24) is 15.2 Å². The molecule has 1 aromatic heterocycles. The van der Waals surface area contributed by atoms with Crippen molar-refractivity contribution in [2.45, 2.75) is 69.9 Å². The fraction of sp³-hybridized carbons (Fsp3) is 0.542. The summed E-state index contributed by atoms with van der Waals surface area (Å²) in [4.78, 5) is 30.4. The number of likely N-dealkylation sites (tertiary alicyclic amines) is 1. The first-order valence-corrected chi connectivity index (χ1v) is 11.3. The molecule has 0 spiro atoms. The number of ether oxygens (including phenoxy) is 1. The molecule has 1 N–H and O–H groups in total. The highest BCUT2D eigenvalue weighted by atomic mass is 16.5. The van der Waals surface area contributed by atoms with E-state index in [4.69, 9.17) is 4.74 Å². The van der Waals surface area contributed by atoms with E-state index >= 15 is 0 Å². The number of nitrogens with zero attached hydrogens (tertiary/aromatic N) is 2. The van der Waals surface area contributed by atoms with Crippen molar-refractivity contribution >= 4 is 22.7 Å². The molecule has 2 amide bonds. The number of carbonyl (C=O) groups is 2. The maximum absolute atomic E-state index is 12.3. The molecule has 1 saturated carbocycles. The lowest BCUT2D eigenvalue weighted by molar-refractivity contribution is -0.133. The number of nitrogens with one attached hydrogen (secondary N) is 1. The first-order valence-electron chi connectivity index (χ1n) is 11.3. The van der Waals surface area contributed by atoms with Gasteiger partial charge in [-0.1, -0.05) is 6.07 Å². The van der Waals surface area contributed by atoms with Crippen LogP contribution in [0, 0.1) is 0 Å². The molecule has 2 heterocycles. The number of aromatic nitrogens is 1. The van der Waals surface area contributed by atoms with E-state index in [0.717, 1.165) is 68.1 Å². The Kier molecular flexibility index (Phi) is 6.82. The molecule has 0 atom stereocenters. The van der Waals surface area contributed by atoms with Crippen LogP contribution in [0.25, 0.3) is 10.9 Å². The van der Waals surface area contributed by atoms with E-state index in [9.17, 15) is 9.59 Å². The van der Waals surface area contributed by atoms with Gasteiger partial charge < -0.3 is 15.0 Å². The second-order valence-electron chi connectivity index (χ2n) is 8.46. The number of hydrogen-bond acceptors (Lipinski definition) is 4. The summed E-state index contributed by atoms with van der Waals surface area (Å²) in [5, 5.41) is 4.26.